The molecule has 0 saturated heterocycles. The third kappa shape index (κ3) is 12.2. The SMILES string of the molecule is CCNC(=NCCNC(=O)OC(C)(C)C)N(C)CC(=O)N(CC)CC.I. The molecule has 2 amide bonds. The Bertz CT molecular complexity index is 448. The smallest absolute Gasteiger partial charge is 0.407 e. The van der Waals surface area contributed by atoms with Gasteiger partial charge in [-0.15, -0.1) is 24.0 Å². The largest absolute Gasteiger partial charge is 0.444 e. The Morgan fingerprint density at radius 2 is 1.65 bits per heavy atom. The predicted molar refractivity (Wildman–Crippen MR) is 116 cm³/mol. The highest BCUT2D eigenvalue weighted by molar-refractivity contribution is 14.0. The van der Waals surface area contributed by atoms with E-state index in [1.54, 1.807) is 9.80 Å². The summed E-state index contributed by atoms with van der Waals surface area (Å²) in [7, 11) is 1.82. The Labute approximate surface area is 175 Å². The maximum atomic E-state index is 12.2. The van der Waals surface area contributed by atoms with E-state index in [0.29, 0.717) is 38.7 Å². The summed E-state index contributed by atoms with van der Waals surface area (Å²) in [6.07, 6.45) is -0.460. The van der Waals surface area contributed by atoms with Gasteiger partial charge < -0.3 is 25.2 Å². The molecule has 0 rings (SSSR count). The summed E-state index contributed by atoms with van der Waals surface area (Å²) in [6.45, 7) is 14.4. The zero-order chi connectivity index (χ0) is 19.5. The third-order valence-corrected chi connectivity index (χ3v) is 3.23. The summed E-state index contributed by atoms with van der Waals surface area (Å²) >= 11 is 0. The van der Waals surface area contributed by atoms with Gasteiger partial charge in [0.1, 0.15) is 5.60 Å². The van der Waals surface area contributed by atoms with Crippen LogP contribution in [0.25, 0.3) is 0 Å². The van der Waals surface area contributed by atoms with E-state index in [9.17, 15) is 9.59 Å². The van der Waals surface area contributed by atoms with Gasteiger partial charge in [-0.3, -0.25) is 9.79 Å². The van der Waals surface area contributed by atoms with Crippen molar-refractivity contribution in [2.75, 3.05) is 46.3 Å². The number of nitrogens with zero attached hydrogens (tertiary/aromatic N) is 3. The van der Waals surface area contributed by atoms with E-state index in [2.05, 4.69) is 15.6 Å². The molecule has 0 aromatic carbocycles. The van der Waals surface area contributed by atoms with Gasteiger partial charge in [0.05, 0.1) is 13.1 Å². The van der Waals surface area contributed by atoms with Crippen LogP contribution in [0.15, 0.2) is 4.99 Å². The highest BCUT2D eigenvalue weighted by Gasteiger charge is 2.16. The topological polar surface area (TPSA) is 86.3 Å². The average molecular weight is 485 g/mol. The van der Waals surface area contributed by atoms with Crippen molar-refractivity contribution in [3.05, 3.63) is 0 Å². The Morgan fingerprint density at radius 3 is 2.12 bits per heavy atom. The Morgan fingerprint density at radius 1 is 1.08 bits per heavy atom. The molecule has 0 aromatic heterocycles. The van der Waals surface area contributed by atoms with E-state index in [1.807, 2.05) is 48.6 Å². The van der Waals surface area contributed by atoms with Gasteiger partial charge in [0.15, 0.2) is 5.96 Å². The molecule has 26 heavy (non-hydrogen) atoms. The summed E-state index contributed by atoms with van der Waals surface area (Å²) in [5.74, 6) is 0.693. The van der Waals surface area contributed by atoms with Crippen LogP contribution in [0.1, 0.15) is 41.5 Å². The predicted octanol–water partition coefficient (Wildman–Crippen LogP) is 1.89. The van der Waals surface area contributed by atoms with Crippen LogP contribution in [0.5, 0.6) is 0 Å². The molecule has 8 nitrogen and oxygen atoms in total. The molecule has 0 aliphatic rings. The molecule has 0 spiro atoms. The van der Waals surface area contributed by atoms with Crippen LogP contribution in [0.4, 0.5) is 4.79 Å². The van der Waals surface area contributed by atoms with Crippen molar-refractivity contribution in [2.24, 2.45) is 4.99 Å². The number of likely N-dealkylation sites (N-methyl/N-ethyl adjacent to an activating group) is 2. The molecule has 154 valence electrons. The summed E-state index contributed by atoms with van der Waals surface area (Å²) in [6, 6.07) is 0. The summed E-state index contributed by atoms with van der Waals surface area (Å²) in [4.78, 5) is 31.8. The molecule has 0 saturated carbocycles. The van der Waals surface area contributed by atoms with Gasteiger partial charge in [-0.1, -0.05) is 0 Å². The van der Waals surface area contributed by atoms with Gasteiger partial charge in [0.25, 0.3) is 0 Å². The number of ether oxygens (including phenoxy) is 1. The zero-order valence-corrected chi connectivity index (χ0v) is 19.5. The first-order valence-electron chi connectivity index (χ1n) is 8.88. The lowest BCUT2D eigenvalue weighted by Gasteiger charge is -2.25. The Kier molecular flexibility index (Phi) is 14.4. The molecule has 0 fully saturated rings. The van der Waals surface area contributed by atoms with Crippen LogP contribution in [-0.4, -0.2) is 79.7 Å². The Hall–Kier alpha value is -1.26. The molecule has 0 heterocycles. The van der Waals surface area contributed by atoms with E-state index in [1.165, 1.54) is 0 Å². The number of carbonyl (C=O) groups excluding carboxylic acids is 2. The third-order valence-electron chi connectivity index (χ3n) is 3.23. The minimum atomic E-state index is -0.521. The number of rotatable bonds is 8. The van der Waals surface area contributed by atoms with Crippen molar-refractivity contribution in [1.82, 2.24) is 20.4 Å². The van der Waals surface area contributed by atoms with Crippen molar-refractivity contribution < 1.29 is 14.3 Å². The monoisotopic (exact) mass is 485 g/mol. The molecule has 0 aromatic rings. The first-order valence-corrected chi connectivity index (χ1v) is 8.88. The molecule has 0 aliphatic carbocycles. The standard InChI is InChI=1S/C17H35N5O3.HI/c1-8-18-15(21(7)13-14(23)22(9-2)10-3)19-11-12-20-16(24)25-17(4,5)6;/h8-13H2,1-7H3,(H,18,19)(H,20,24);1H. The summed E-state index contributed by atoms with van der Waals surface area (Å²) in [5, 5.41) is 5.81. The first-order chi connectivity index (χ1) is 11.6. The molecule has 2 N–H and O–H groups in total. The van der Waals surface area contributed by atoms with Gasteiger partial charge in [0, 0.05) is 33.2 Å². The van der Waals surface area contributed by atoms with Crippen molar-refractivity contribution in [3.63, 3.8) is 0 Å². The normalized spacial score (nSPS) is 11.3. The van der Waals surface area contributed by atoms with Crippen LogP contribution in [0.3, 0.4) is 0 Å². The molecule has 0 atom stereocenters. The van der Waals surface area contributed by atoms with Crippen LogP contribution in [0, 0.1) is 0 Å². The van der Waals surface area contributed by atoms with Crippen LogP contribution >= 0.6 is 24.0 Å². The quantitative estimate of drug-likeness (QED) is 0.238. The number of nitrogens with one attached hydrogen (secondary N) is 2. The average Bonchev–Trinajstić information content (AvgIpc) is 2.49. The van der Waals surface area contributed by atoms with Crippen molar-refractivity contribution in [1.29, 1.82) is 0 Å². The van der Waals surface area contributed by atoms with Crippen LogP contribution in [0.2, 0.25) is 0 Å². The number of hydrogen-bond acceptors (Lipinski definition) is 4. The van der Waals surface area contributed by atoms with E-state index < -0.39 is 11.7 Å². The lowest BCUT2D eigenvalue weighted by Crippen LogP contribution is -2.46. The number of aliphatic imine (C=N–C) groups is 1. The number of alkyl carbamates (subject to hydrolysis) is 1. The summed E-state index contributed by atoms with van der Waals surface area (Å²) < 4.78 is 5.17. The molecule has 9 heteroatoms. The van der Waals surface area contributed by atoms with Crippen LogP contribution < -0.4 is 10.6 Å². The number of carbonyl (C=O) groups is 2. The molecular weight excluding hydrogens is 449 g/mol. The van der Waals surface area contributed by atoms with E-state index in [4.69, 9.17) is 4.74 Å². The van der Waals surface area contributed by atoms with Gasteiger partial charge in [0.2, 0.25) is 5.91 Å². The van der Waals surface area contributed by atoms with Gasteiger partial charge in [-0.25, -0.2) is 4.79 Å². The number of halogens is 1. The highest BCUT2D eigenvalue weighted by Crippen LogP contribution is 2.06. The van der Waals surface area contributed by atoms with E-state index in [0.717, 1.165) is 0 Å². The Balaban J connectivity index is 0. The minimum Gasteiger partial charge on any atom is -0.444 e. The summed E-state index contributed by atoms with van der Waals surface area (Å²) in [5.41, 5.74) is -0.521. The van der Waals surface area contributed by atoms with Gasteiger partial charge in [-0.05, 0) is 41.5 Å². The lowest BCUT2D eigenvalue weighted by atomic mass is 10.2. The van der Waals surface area contributed by atoms with Crippen molar-refractivity contribution in [3.8, 4) is 0 Å². The van der Waals surface area contributed by atoms with Gasteiger partial charge >= 0.3 is 6.09 Å². The molecule has 0 bridgehead atoms. The lowest BCUT2D eigenvalue weighted by molar-refractivity contribution is -0.131. The number of guanidine groups is 1. The number of hydrogen-bond donors (Lipinski definition) is 2. The van der Waals surface area contributed by atoms with Crippen molar-refractivity contribution in [2.45, 2.75) is 47.1 Å². The van der Waals surface area contributed by atoms with Crippen molar-refractivity contribution >= 4 is 41.9 Å². The molecule has 0 aliphatic heterocycles. The first kappa shape index (κ1) is 27.0. The van der Waals surface area contributed by atoms with E-state index in [-0.39, 0.29) is 36.4 Å². The second kappa shape index (κ2) is 13.9. The molecule has 0 radical (unpaired) electrons. The molecular formula is C17H36IN5O3. The fourth-order valence-corrected chi connectivity index (χ4v) is 2.06. The fraction of sp³-hybridized carbons (Fsp3) is 0.824. The maximum Gasteiger partial charge on any atom is 0.407 e. The second-order valence-corrected chi connectivity index (χ2v) is 6.59. The molecule has 0 unspecified atom stereocenters. The number of amides is 2. The second-order valence-electron chi connectivity index (χ2n) is 6.59. The van der Waals surface area contributed by atoms with Crippen LogP contribution in [-0.2, 0) is 9.53 Å². The minimum absolute atomic E-state index is 0. The maximum absolute atomic E-state index is 12.2. The highest BCUT2D eigenvalue weighted by atomic mass is 127. The van der Waals surface area contributed by atoms with Gasteiger partial charge in [-0.2, -0.15) is 0 Å². The zero-order valence-electron chi connectivity index (χ0n) is 17.2. The fourth-order valence-electron chi connectivity index (χ4n) is 2.06. The van der Waals surface area contributed by atoms with E-state index >= 15 is 0 Å².